The largest absolute Gasteiger partial charge is 0.468 e. The van der Waals surface area contributed by atoms with Gasteiger partial charge in [-0.1, -0.05) is 42.5 Å². The normalized spacial score (nSPS) is 12.2. The van der Waals surface area contributed by atoms with Crippen LogP contribution in [0.15, 0.2) is 86.7 Å². The number of esters is 1. The molecule has 4 rings (SSSR count). The Kier molecular flexibility index (Phi) is 9.03. The van der Waals surface area contributed by atoms with E-state index in [1.165, 1.54) is 17.3 Å². The van der Waals surface area contributed by atoms with Crippen LogP contribution < -0.4 is 0 Å². The van der Waals surface area contributed by atoms with Crippen molar-refractivity contribution in [2.24, 2.45) is 0 Å². The van der Waals surface area contributed by atoms with Crippen molar-refractivity contribution in [3.8, 4) is 0 Å². The first-order chi connectivity index (χ1) is 18.5. The maximum atomic E-state index is 12.7. The third kappa shape index (κ3) is 8.60. The zero-order valence-electron chi connectivity index (χ0n) is 23.7. The zero-order chi connectivity index (χ0) is 28.0. The Hall–Kier alpha value is -3.29. The molecule has 206 valence electrons. The second kappa shape index (κ2) is 12.3. The van der Waals surface area contributed by atoms with Gasteiger partial charge in [0.05, 0.1) is 18.5 Å². The minimum Gasteiger partial charge on any atom is -0.468 e. The maximum absolute atomic E-state index is 12.7. The van der Waals surface area contributed by atoms with Crippen LogP contribution in [0.4, 0.5) is 0 Å². The van der Waals surface area contributed by atoms with Gasteiger partial charge < -0.3 is 13.6 Å². The van der Waals surface area contributed by atoms with E-state index >= 15 is 0 Å². The highest BCUT2D eigenvalue weighted by molar-refractivity contribution is 8.01. The summed E-state index contributed by atoms with van der Waals surface area (Å²) >= 11 is 1.51. The summed E-state index contributed by atoms with van der Waals surface area (Å²) in [7, 11) is 0. The van der Waals surface area contributed by atoms with E-state index in [0.29, 0.717) is 26.1 Å². The molecule has 0 spiro atoms. The van der Waals surface area contributed by atoms with E-state index in [1.54, 1.807) is 6.26 Å². The van der Waals surface area contributed by atoms with E-state index in [4.69, 9.17) is 18.6 Å². The second-order valence-corrected chi connectivity index (χ2v) is 13.0. The predicted octanol–water partition coefficient (Wildman–Crippen LogP) is 7.58. The molecule has 0 atom stereocenters. The number of rotatable bonds is 11. The molecule has 0 saturated heterocycles. The second-order valence-electron chi connectivity index (χ2n) is 11.3. The molecule has 0 aliphatic rings. The fourth-order valence-electron chi connectivity index (χ4n) is 4.14. The number of aryl methyl sites for hydroxylation is 1. The van der Waals surface area contributed by atoms with Crippen molar-refractivity contribution in [2.75, 3.05) is 0 Å². The van der Waals surface area contributed by atoms with Crippen molar-refractivity contribution < 1.29 is 18.4 Å². The Bertz CT molecular complexity index is 1340. The molecule has 0 saturated carbocycles. The first-order valence-corrected chi connectivity index (χ1v) is 14.0. The summed E-state index contributed by atoms with van der Waals surface area (Å²) in [5, 5.41) is 0. The van der Waals surface area contributed by atoms with Crippen molar-refractivity contribution >= 4 is 17.7 Å². The van der Waals surface area contributed by atoms with Gasteiger partial charge in [-0.3, -0.25) is 9.69 Å². The minimum absolute atomic E-state index is 0.219. The molecule has 2 aromatic heterocycles. The molecular formula is C32H38N2O4S. The van der Waals surface area contributed by atoms with Crippen molar-refractivity contribution in [3.05, 3.63) is 107 Å². The lowest BCUT2D eigenvalue weighted by Gasteiger charge is -2.28. The number of thioether (sulfide) groups is 1. The molecule has 0 amide bonds. The van der Waals surface area contributed by atoms with E-state index < -0.39 is 10.3 Å². The molecule has 7 heteroatoms. The Balaban J connectivity index is 1.45. The Labute approximate surface area is 235 Å². The highest BCUT2D eigenvalue weighted by atomic mass is 32.2. The molecule has 0 aliphatic heterocycles. The molecule has 2 aromatic carbocycles. The summed E-state index contributed by atoms with van der Waals surface area (Å²) < 4.78 is 16.6. The van der Waals surface area contributed by atoms with Gasteiger partial charge in [-0.05, 0) is 76.9 Å². The monoisotopic (exact) mass is 546 g/mol. The summed E-state index contributed by atoms with van der Waals surface area (Å²) in [5.41, 5.74) is 2.75. The van der Waals surface area contributed by atoms with Gasteiger partial charge in [-0.2, -0.15) is 0 Å². The van der Waals surface area contributed by atoms with Crippen molar-refractivity contribution in [1.29, 1.82) is 0 Å². The van der Waals surface area contributed by atoms with Crippen molar-refractivity contribution in [3.63, 3.8) is 0 Å². The Morgan fingerprint density at radius 2 is 1.62 bits per heavy atom. The number of hydrogen-bond donors (Lipinski definition) is 0. The predicted molar refractivity (Wildman–Crippen MR) is 154 cm³/mol. The number of carbonyl (C=O) groups excluding carboxylic acids is 1. The van der Waals surface area contributed by atoms with Crippen LogP contribution in [0, 0.1) is 6.92 Å². The van der Waals surface area contributed by atoms with Crippen LogP contribution in [0.1, 0.15) is 68.9 Å². The van der Waals surface area contributed by atoms with Gasteiger partial charge in [-0.15, -0.1) is 11.8 Å². The van der Waals surface area contributed by atoms with E-state index in [-0.39, 0.29) is 5.97 Å². The van der Waals surface area contributed by atoms with Crippen LogP contribution in [0.3, 0.4) is 0 Å². The lowest BCUT2D eigenvalue weighted by molar-refractivity contribution is -0.156. The topological polar surface area (TPSA) is 68.7 Å². The number of ether oxygens (including phenoxy) is 1. The van der Waals surface area contributed by atoms with E-state index in [1.807, 2.05) is 71.9 Å². The molecule has 0 unspecified atom stereocenters. The van der Waals surface area contributed by atoms with Crippen molar-refractivity contribution in [1.82, 2.24) is 9.88 Å². The van der Waals surface area contributed by atoms with Crippen molar-refractivity contribution in [2.45, 2.75) is 82.8 Å². The van der Waals surface area contributed by atoms with Crippen LogP contribution in [0.25, 0.3) is 0 Å². The number of benzene rings is 2. The Morgan fingerprint density at radius 3 is 2.26 bits per heavy atom. The van der Waals surface area contributed by atoms with Crippen LogP contribution in [-0.4, -0.2) is 26.2 Å². The summed E-state index contributed by atoms with van der Waals surface area (Å²) in [6, 6.07) is 22.5. The SMILES string of the molecule is Cc1oc(Cc2ccccc2)nc1CN(Cc1ccc(SC(C)(C)C(=O)OC(C)(C)C)cc1)Cc1ccco1. The van der Waals surface area contributed by atoms with Gasteiger partial charge in [0.1, 0.15) is 21.9 Å². The smallest absolute Gasteiger partial charge is 0.322 e. The molecule has 0 radical (unpaired) electrons. The first-order valence-electron chi connectivity index (χ1n) is 13.2. The summed E-state index contributed by atoms with van der Waals surface area (Å²) in [6.07, 6.45) is 2.36. The number of furan rings is 1. The van der Waals surface area contributed by atoms with Crippen LogP contribution in [-0.2, 0) is 35.6 Å². The van der Waals surface area contributed by atoms with Crippen LogP contribution >= 0.6 is 11.8 Å². The highest BCUT2D eigenvalue weighted by Gasteiger charge is 2.33. The average molecular weight is 547 g/mol. The molecule has 4 aromatic rings. The molecule has 2 heterocycles. The third-order valence-electron chi connectivity index (χ3n) is 6.06. The number of carbonyl (C=O) groups is 1. The lowest BCUT2D eigenvalue weighted by atomic mass is 10.1. The number of hydrogen-bond acceptors (Lipinski definition) is 7. The fraction of sp³-hybridized carbons (Fsp3) is 0.375. The zero-order valence-corrected chi connectivity index (χ0v) is 24.5. The Morgan fingerprint density at radius 1 is 0.897 bits per heavy atom. The van der Waals surface area contributed by atoms with E-state index in [9.17, 15) is 4.79 Å². The van der Waals surface area contributed by atoms with Gasteiger partial charge in [0.25, 0.3) is 0 Å². The van der Waals surface area contributed by atoms with Gasteiger partial charge >= 0.3 is 5.97 Å². The van der Waals surface area contributed by atoms with Gasteiger partial charge in [0, 0.05) is 24.4 Å². The minimum atomic E-state index is -0.692. The lowest BCUT2D eigenvalue weighted by Crippen LogP contribution is -2.36. The first kappa shape index (κ1) is 28.7. The number of nitrogens with zero attached hydrogens (tertiary/aromatic N) is 2. The fourth-order valence-corrected chi connectivity index (χ4v) is 5.13. The van der Waals surface area contributed by atoms with Gasteiger partial charge in [0.15, 0.2) is 5.89 Å². The molecular weight excluding hydrogens is 508 g/mol. The van der Waals surface area contributed by atoms with Gasteiger partial charge in [0.2, 0.25) is 0 Å². The molecule has 0 bridgehead atoms. The summed E-state index contributed by atoms with van der Waals surface area (Å²) in [6.45, 7) is 13.4. The van der Waals surface area contributed by atoms with Crippen LogP contribution in [0.5, 0.6) is 0 Å². The standard InChI is InChI=1S/C32H38N2O4S/c1-23-28(33-29(37-23)19-24-11-8-7-9-12-24)22-34(21-26-13-10-18-36-26)20-25-14-16-27(17-15-25)39-32(5,6)30(35)38-31(2,3)4/h7-18H,19-22H2,1-6H3. The number of oxazole rings is 1. The third-order valence-corrected chi connectivity index (χ3v) is 7.25. The van der Waals surface area contributed by atoms with E-state index in [0.717, 1.165) is 33.6 Å². The average Bonchev–Trinajstić information content (AvgIpc) is 3.49. The molecule has 6 nitrogen and oxygen atoms in total. The molecule has 0 aliphatic carbocycles. The summed E-state index contributed by atoms with van der Waals surface area (Å²) in [5.74, 6) is 2.23. The quantitative estimate of drug-likeness (QED) is 0.142. The summed E-state index contributed by atoms with van der Waals surface area (Å²) in [4.78, 5) is 20.8. The molecule has 0 fully saturated rings. The maximum Gasteiger partial charge on any atom is 0.322 e. The molecule has 39 heavy (non-hydrogen) atoms. The van der Waals surface area contributed by atoms with Crippen LogP contribution in [0.2, 0.25) is 0 Å². The number of aromatic nitrogens is 1. The molecule has 0 N–H and O–H groups in total. The van der Waals surface area contributed by atoms with Gasteiger partial charge in [-0.25, -0.2) is 4.98 Å². The van der Waals surface area contributed by atoms with E-state index in [2.05, 4.69) is 41.3 Å². The highest BCUT2D eigenvalue weighted by Crippen LogP contribution is 2.35.